The molecule has 124 valence electrons. The SMILES string of the molecule is NCc1ccc(-c2cc(C3=CN(c4ccccc4)C=CC3)on2)cc1. The van der Waals surface area contributed by atoms with E-state index >= 15 is 0 Å². The molecule has 1 aliphatic heterocycles. The van der Waals surface area contributed by atoms with Crippen LogP contribution in [0.4, 0.5) is 5.69 Å². The molecule has 1 aromatic heterocycles. The van der Waals surface area contributed by atoms with Gasteiger partial charge >= 0.3 is 0 Å². The van der Waals surface area contributed by atoms with Crippen LogP contribution >= 0.6 is 0 Å². The fraction of sp³-hybridized carbons (Fsp3) is 0.0952. The van der Waals surface area contributed by atoms with Crippen LogP contribution in [0.25, 0.3) is 16.8 Å². The third-order valence-corrected chi connectivity index (χ3v) is 4.27. The Morgan fingerprint density at radius 1 is 1.04 bits per heavy atom. The van der Waals surface area contributed by atoms with Crippen LogP contribution in [0.1, 0.15) is 17.7 Å². The molecule has 0 radical (unpaired) electrons. The number of allylic oxidation sites excluding steroid dienone is 2. The second-order valence-corrected chi connectivity index (χ2v) is 5.96. The minimum absolute atomic E-state index is 0.541. The molecule has 4 heteroatoms. The van der Waals surface area contributed by atoms with Crippen molar-refractivity contribution in [3.05, 3.63) is 90.5 Å². The molecule has 0 amide bonds. The van der Waals surface area contributed by atoms with E-state index in [4.69, 9.17) is 10.3 Å². The van der Waals surface area contributed by atoms with Crippen molar-refractivity contribution < 1.29 is 4.52 Å². The van der Waals surface area contributed by atoms with Crippen molar-refractivity contribution in [2.45, 2.75) is 13.0 Å². The van der Waals surface area contributed by atoms with Gasteiger partial charge in [0.1, 0.15) is 5.69 Å². The molecular weight excluding hydrogens is 310 g/mol. The van der Waals surface area contributed by atoms with Gasteiger partial charge in [0.05, 0.1) is 0 Å². The van der Waals surface area contributed by atoms with Gasteiger partial charge in [-0.2, -0.15) is 0 Å². The Hall–Kier alpha value is -3.11. The van der Waals surface area contributed by atoms with Crippen LogP contribution in [-0.2, 0) is 6.54 Å². The normalized spacial score (nSPS) is 13.8. The lowest BCUT2D eigenvalue weighted by Gasteiger charge is -2.20. The van der Waals surface area contributed by atoms with Gasteiger partial charge in [-0.05, 0) is 24.1 Å². The average molecular weight is 329 g/mol. The molecule has 0 bridgehead atoms. The van der Waals surface area contributed by atoms with Crippen molar-refractivity contribution in [2.24, 2.45) is 5.73 Å². The average Bonchev–Trinajstić information content (AvgIpc) is 3.19. The predicted octanol–water partition coefficient (Wildman–Crippen LogP) is 4.57. The Morgan fingerprint density at radius 3 is 2.60 bits per heavy atom. The molecule has 0 aliphatic carbocycles. The number of nitrogens with zero attached hydrogens (tertiary/aromatic N) is 2. The molecule has 25 heavy (non-hydrogen) atoms. The Balaban J connectivity index is 1.60. The summed E-state index contributed by atoms with van der Waals surface area (Å²) in [4.78, 5) is 2.09. The molecule has 0 spiro atoms. The molecule has 4 rings (SSSR count). The van der Waals surface area contributed by atoms with Crippen LogP contribution in [0.2, 0.25) is 0 Å². The maximum Gasteiger partial charge on any atom is 0.165 e. The largest absolute Gasteiger partial charge is 0.356 e. The van der Waals surface area contributed by atoms with Crippen LogP contribution in [0.5, 0.6) is 0 Å². The first-order valence-electron chi connectivity index (χ1n) is 8.31. The van der Waals surface area contributed by atoms with Crippen LogP contribution < -0.4 is 10.6 Å². The van der Waals surface area contributed by atoms with E-state index in [1.807, 2.05) is 48.5 Å². The molecule has 2 aromatic carbocycles. The van der Waals surface area contributed by atoms with Crippen molar-refractivity contribution in [3.8, 4) is 11.3 Å². The number of rotatable bonds is 4. The summed E-state index contributed by atoms with van der Waals surface area (Å²) in [5, 5.41) is 4.23. The first-order valence-corrected chi connectivity index (χ1v) is 8.31. The number of aromatic nitrogens is 1. The quantitative estimate of drug-likeness (QED) is 0.762. The monoisotopic (exact) mass is 329 g/mol. The second kappa shape index (κ2) is 6.79. The first kappa shape index (κ1) is 15.4. The van der Waals surface area contributed by atoms with Gasteiger partial charge in [0.15, 0.2) is 5.76 Å². The first-order chi connectivity index (χ1) is 12.3. The van der Waals surface area contributed by atoms with E-state index in [0.29, 0.717) is 6.54 Å². The fourth-order valence-electron chi connectivity index (χ4n) is 2.86. The molecular formula is C21H19N3O. The minimum atomic E-state index is 0.541. The van der Waals surface area contributed by atoms with E-state index < -0.39 is 0 Å². The molecule has 0 atom stereocenters. The highest BCUT2D eigenvalue weighted by atomic mass is 16.5. The minimum Gasteiger partial charge on any atom is -0.356 e. The molecule has 0 saturated carbocycles. The third kappa shape index (κ3) is 3.25. The summed E-state index contributed by atoms with van der Waals surface area (Å²) >= 11 is 0. The highest BCUT2D eigenvalue weighted by Crippen LogP contribution is 2.29. The molecule has 0 saturated heterocycles. The van der Waals surface area contributed by atoms with Gasteiger partial charge in [0.2, 0.25) is 0 Å². The van der Waals surface area contributed by atoms with E-state index in [1.54, 1.807) is 0 Å². The number of hydrogen-bond acceptors (Lipinski definition) is 4. The van der Waals surface area contributed by atoms with Crippen molar-refractivity contribution in [1.82, 2.24) is 5.16 Å². The van der Waals surface area contributed by atoms with Crippen LogP contribution in [0.3, 0.4) is 0 Å². The van der Waals surface area contributed by atoms with Gasteiger partial charge in [-0.3, -0.25) is 0 Å². The summed E-state index contributed by atoms with van der Waals surface area (Å²) in [6, 6.07) is 20.3. The van der Waals surface area contributed by atoms with Gasteiger partial charge in [-0.15, -0.1) is 0 Å². The zero-order valence-corrected chi connectivity index (χ0v) is 13.8. The predicted molar refractivity (Wildman–Crippen MR) is 100 cm³/mol. The van der Waals surface area contributed by atoms with Gasteiger partial charge < -0.3 is 15.2 Å². The summed E-state index contributed by atoms with van der Waals surface area (Å²) in [5.41, 5.74) is 10.8. The summed E-state index contributed by atoms with van der Waals surface area (Å²) in [7, 11) is 0. The standard InChI is InChI=1S/C21H19N3O/c22-14-16-8-10-17(11-9-16)20-13-21(25-23-20)18-5-4-12-24(15-18)19-6-2-1-3-7-19/h1-4,6-13,15H,5,14,22H2. The molecule has 1 aliphatic rings. The van der Waals surface area contributed by atoms with E-state index in [0.717, 1.165) is 40.3 Å². The molecule has 2 heterocycles. The topological polar surface area (TPSA) is 55.3 Å². The van der Waals surface area contributed by atoms with Crippen molar-refractivity contribution in [3.63, 3.8) is 0 Å². The molecule has 0 unspecified atom stereocenters. The van der Waals surface area contributed by atoms with Gasteiger partial charge in [-0.25, -0.2) is 0 Å². The van der Waals surface area contributed by atoms with E-state index in [9.17, 15) is 0 Å². The highest BCUT2D eigenvalue weighted by Gasteiger charge is 2.14. The Labute approximate surface area is 146 Å². The van der Waals surface area contributed by atoms with Crippen LogP contribution in [0, 0.1) is 0 Å². The molecule has 4 nitrogen and oxygen atoms in total. The Morgan fingerprint density at radius 2 is 1.84 bits per heavy atom. The van der Waals surface area contributed by atoms with Crippen molar-refractivity contribution in [2.75, 3.05) is 4.90 Å². The Kier molecular flexibility index (Phi) is 4.19. The van der Waals surface area contributed by atoms with E-state index in [2.05, 4.69) is 40.7 Å². The zero-order chi connectivity index (χ0) is 17.1. The summed E-state index contributed by atoms with van der Waals surface area (Å²) < 4.78 is 5.60. The number of nitrogens with two attached hydrogens (primary N) is 1. The lowest BCUT2D eigenvalue weighted by Crippen LogP contribution is -2.10. The van der Waals surface area contributed by atoms with Gasteiger partial charge in [-0.1, -0.05) is 53.7 Å². The highest BCUT2D eigenvalue weighted by molar-refractivity contribution is 5.72. The maximum absolute atomic E-state index is 5.65. The van der Waals surface area contributed by atoms with Gasteiger partial charge in [0.25, 0.3) is 0 Å². The summed E-state index contributed by atoms with van der Waals surface area (Å²) in [6.45, 7) is 0.541. The summed E-state index contributed by atoms with van der Waals surface area (Å²) in [6.07, 6.45) is 7.11. The second-order valence-electron chi connectivity index (χ2n) is 5.96. The lowest BCUT2D eigenvalue weighted by atomic mass is 10.1. The van der Waals surface area contributed by atoms with E-state index in [1.165, 1.54) is 0 Å². The molecule has 3 aromatic rings. The molecule has 0 fully saturated rings. The lowest BCUT2D eigenvalue weighted by molar-refractivity contribution is 0.411. The fourth-order valence-corrected chi connectivity index (χ4v) is 2.86. The van der Waals surface area contributed by atoms with Crippen molar-refractivity contribution >= 4 is 11.3 Å². The zero-order valence-electron chi connectivity index (χ0n) is 13.8. The number of anilines is 1. The number of hydrogen-bond donors (Lipinski definition) is 1. The third-order valence-electron chi connectivity index (χ3n) is 4.27. The van der Waals surface area contributed by atoms with Crippen LogP contribution in [-0.4, -0.2) is 5.16 Å². The van der Waals surface area contributed by atoms with E-state index in [-0.39, 0.29) is 0 Å². The summed E-state index contributed by atoms with van der Waals surface area (Å²) in [5.74, 6) is 0.795. The van der Waals surface area contributed by atoms with Crippen LogP contribution in [0.15, 0.2) is 83.7 Å². The molecule has 2 N–H and O–H groups in total. The van der Waals surface area contributed by atoms with Gasteiger partial charge in [0, 0.05) is 41.8 Å². The maximum atomic E-state index is 5.65. The van der Waals surface area contributed by atoms with Crippen molar-refractivity contribution in [1.29, 1.82) is 0 Å². The number of benzene rings is 2. The Bertz CT molecular complexity index is 908. The smallest absolute Gasteiger partial charge is 0.165 e. The number of para-hydroxylation sites is 1.